The molecule has 1 heterocycles. The summed E-state index contributed by atoms with van der Waals surface area (Å²) < 4.78 is 0. The van der Waals surface area contributed by atoms with Gasteiger partial charge in [0.2, 0.25) is 0 Å². The third-order valence-electron chi connectivity index (χ3n) is 2.31. The van der Waals surface area contributed by atoms with Crippen LogP contribution in [0.3, 0.4) is 0 Å². The Balaban J connectivity index is 2.46. The van der Waals surface area contributed by atoms with Crippen LogP contribution in [0.15, 0.2) is 29.2 Å². The third-order valence-corrected chi connectivity index (χ3v) is 3.05. The van der Waals surface area contributed by atoms with Gasteiger partial charge in [-0.05, 0) is 25.3 Å². The number of hydrogen-bond acceptors (Lipinski definition) is 3. The lowest BCUT2D eigenvalue weighted by Gasteiger charge is -2.00. The highest BCUT2D eigenvalue weighted by Crippen LogP contribution is 2.24. The minimum absolute atomic E-state index is 0.453. The molecule has 1 aromatic heterocycles. The summed E-state index contributed by atoms with van der Waals surface area (Å²) in [5, 5.41) is 8.96. The Hall–Kier alpha value is -1.73. The molecule has 0 atom stereocenters. The van der Waals surface area contributed by atoms with Crippen molar-refractivity contribution in [1.29, 1.82) is 5.26 Å². The van der Waals surface area contributed by atoms with Crippen LogP contribution in [0, 0.1) is 18.3 Å². The first-order valence-electron chi connectivity index (χ1n) is 4.85. The van der Waals surface area contributed by atoms with E-state index in [-0.39, 0.29) is 0 Å². The Morgan fingerprint density at radius 1 is 1.31 bits per heavy atom. The number of rotatable bonds is 2. The van der Waals surface area contributed by atoms with E-state index in [1.165, 1.54) is 4.90 Å². The fourth-order valence-electron chi connectivity index (χ4n) is 1.54. The number of thioether (sulfide) groups is 1. The molecule has 0 spiro atoms. The second kappa shape index (κ2) is 4.42. The number of aromatic nitrogens is 2. The minimum Gasteiger partial charge on any atom is -0.341 e. The molecule has 2 aromatic rings. The molecule has 0 saturated heterocycles. The zero-order chi connectivity index (χ0) is 11.5. The Morgan fingerprint density at radius 2 is 2.00 bits per heavy atom. The van der Waals surface area contributed by atoms with Crippen molar-refractivity contribution >= 4 is 11.8 Å². The Bertz CT molecular complexity index is 534. The number of hydrogen-bond donors (Lipinski definition) is 1. The van der Waals surface area contributed by atoms with Crippen LogP contribution < -0.4 is 0 Å². The molecule has 16 heavy (non-hydrogen) atoms. The SMILES string of the molecule is CSc1ccc(-c2[nH]c(C)nc2C#N)cc1. The highest BCUT2D eigenvalue weighted by Gasteiger charge is 2.09. The molecule has 0 amide bonds. The summed E-state index contributed by atoms with van der Waals surface area (Å²) in [7, 11) is 0. The molecule has 0 bridgehead atoms. The maximum absolute atomic E-state index is 8.96. The highest BCUT2D eigenvalue weighted by atomic mass is 32.2. The number of aryl methyl sites for hydroxylation is 1. The molecular weight excluding hydrogens is 218 g/mol. The molecule has 0 aliphatic heterocycles. The van der Waals surface area contributed by atoms with E-state index in [9.17, 15) is 0 Å². The number of H-pyrrole nitrogens is 1. The quantitative estimate of drug-likeness (QED) is 0.805. The average molecular weight is 229 g/mol. The first kappa shape index (κ1) is 10.8. The van der Waals surface area contributed by atoms with Crippen molar-refractivity contribution < 1.29 is 0 Å². The number of nitriles is 1. The van der Waals surface area contributed by atoms with E-state index in [0.29, 0.717) is 5.69 Å². The maximum atomic E-state index is 8.96. The van der Waals surface area contributed by atoms with Crippen LogP contribution in [0.1, 0.15) is 11.5 Å². The van der Waals surface area contributed by atoms with Gasteiger partial charge in [0, 0.05) is 10.5 Å². The van der Waals surface area contributed by atoms with E-state index in [4.69, 9.17) is 5.26 Å². The minimum atomic E-state index is 0.453. The van der Waals surface area contributed by atoms with E-state index < -0.39 is 0 Å². The van der Waals surface area contributed by atoms with Crippen LogP contribution in [0.2, 0.25) is 0 Å². The number of aromatic amines is 1. The summed E-state index contributed by atoms with van der Waals surface area (Å²) in [4.78, 5) is 8.44. The Labute approximate surface area is 98.5 Å². The van der Waals surface area contributed by atoms with Gasteiger partial charge < -0.3 is 4.98 Å². The summed E-state index contributed by atoms with van der Waals surface area (Å²) >= 11 is 1.70. The second-order valence-corrected chi connectivity index (χ2v) is 4.27. The van der Waals surface area contributed by atoms with Gasteiger partial charge >= 0.3 is 0 Å². The van der Waals surface area contributed by atoms with Gasteiger partial charge in [0.05, 0.1) is 5.69 Å². The first-order chi connectivity index (χ1) is 7.74. The Morgan fingerprint density at radius 3 is 2.56 bits per heavy atom. The van der Waals surface area contributed by atoms with Crippen LogP contribution >= 0.6 is 11.8 Å². The molecule has 1 aromatic carbocycles. The molecule has 4 heteroatoms. The number of nitrogens with one attached hydrogen (secondary N) is 1. The lowest BCUT2D eigenvalue weighted by Crippen LogP contribution is -1.82. The van der Waals surface area contributed by atoms with E-state index >= 15 is 0 Å². The van der Waals surface area contributed by atoms with Gasteiger partial charge in [-0.15, -0.1) is 11.8 Å². The predicted octanol–water partition coefficient (Wildman–Crippen LogP) is 2.98. The van der Waals surface area contributed by atoms with Crippen molar-refractivity contribution in [2.75, 3.05) is 6.26 Å². The standard InChI is InChI=1S/C12H11N3S/c1-8-14-11(7-13)12(15-8)9-3-5-10(16-2)6-4-9/h3-6H,1-2H3,(H,14,15). The number of nitrogens with zero attached hydrogens (tertiary/aromatic N) is 2. The lowest BCUT2D eigenvalue weighted by atomic mass is 10.1. The normalized spacial score (nSPS) is 10.1. The lowest BCUT2D eigenvalue weighted by molar-refractivity contribution is 1.14. The summed E-state index contributed by atoms with van der Waals surface area (Å²) in [6.45, 7) is 1.85. The summed E-state index contributed by atoms with van der Waals surface area (Å²) in [6, 6.07) is 10.2. The molecule has 80 valence electrons. The largest absolute Gasteiger partial charge is 0.341 e. The van der Waals surface area contributed by atoms with Crippen LogP contribution in [-0.4, -0.2) is 16.2 Å². The monoisotopic (exact) mass is 229 g/mol. The number of benzene rings is 1. The van der Waals surface area contributed by atoms with Gasteiger partial charge in [-0.1, -0.05) is 12.1 Å². The number of imidazole rings is 1. The summed E-state index contributed by atoms with van der Waals surface area (Å²) in [6.07, 6.45) is 2.04. The van der Waals surface area contributed by atoms with E-state index in [1.54, 1.807) is 11.8 Å². The van der Waals surface area contributed by atoms with Crippen molar-refractivity contribution in [1.82, 2.24) is 9.97 Å². The first-order valence-corrected chi connectivity index (χ1v) is 6.08. The van der Waals surface area contributed by atoms with E-state index in [0.717, 1.165) is 17.1 Å². The van der Waals surface area contributed by atoms with E-state index in [2.05, 4.69) is 16.0 Å². The van der Waals surface area contributed by atoms with Crippen LogP contribution in [0.4, 0.5) is 0 Å². The van der Waals surface area contributed by atoms with Crippen LogP contribution in [-0.2, 0) is 0 Å². The molecule has 0 saturated carbocycles. The fraction of sp³-hybridized carbons (Fsp3) is 0.167. The zero-order valence-corrected chi connectivity index (χ0v) is 9.93. The van der Waals surface area contributed by atoms with Crippen molar-refractivity contribution in [2.45, 2.75) is 11.8 Å². The van der Waals surface area contributed by atoms with Crippen LogP contribution in [0.25, 0.3) is 11.3 Å². The molecule has 0 aliphatic carbocycles. The average Bonchev–Trinajstić information content (AvgIpc) is 2.70. The van der Waals surface area contributed by atoms with Crippen molar-refractivity contribution in [3.05, 3.63) is 35.8 Å². The van der Waals surface area contributed by atoms with Crippen molar-refractivity contribution in [3.8, 4) is 17.3 Å². The molecule has 3 nitrogen and oxygen atoms in total. The molecule has 2 rings (SSSR count). The molecule has 0 aliphatic rings. The van der Waals surface area contributed by atoms with Gasteiger partial charge in [-0.3, -0.25) is 0 Å². The zero-order valence-electron chi connectivity index (χ0n) is 9.11. The highest BCUT2D eigenvalue weighted by molar-refractivity contribution is 7.98. The van der Waals surface area contributed by atoms with Gasteiger partial charge in [-0.2, -0.15) is 5.26 Å². The predicted molar refractivity (Wildman–Crippen MR) is 65.3 cm³/mol. The Kier molecular flexibility index (Phi) is 2.97. The molecule has 1 N–H and O–H groups in total. The van der Waals surface area contributed by atoms with Crippen LogP contribution in [0.5, 0.6) is 0 Å². The van der Waals surface area contributed by atoms with Crippen molar-refractivity contribution in [2.24, 2.45) is 0 Å². The van der Waals surface area contributed by atoms with Crippen molar-refractivity contribution in [3.63, 3.8) is 0 Å². The fourth-order valence-corrected chi connectivity index (χ4v) is 1.95. The summed E-state index contributed by atoms with van der Waals surface area (Å²) in [5.74, 6) is 0.764. The molecule has 0 fully saturated rings. The molecule has 0 unspecified atom stereocenters. The van der Waals surface area contributed by atoms with Gasteiger partial charge in [-0.25, -0.2) is 4.98 Å². The smallest absolute Gasteiger partial charge is 0.166 e. The molecular formula is C12H11N3S. The van der Waals surface area contributed by atoms with Gasteiger partial charge in [0.25, 0.3) is 0 Å². The second-order valence-electron chi connectivity index (χ2n) is 3.39. The molecule has 0 radical (unpaired) electrons. The van der Waals surface area contributed by atoms with Gasteiger partial charge in [0.1, 0.15) is 11.9 Å². The topological polar surface area (TPSA) is 52.5 Å². The maximum Gasteiger partial charge on any atom is 0.166 e. The van der Waals surface area contributed by atoms with Gasteiger partial charge in [0.15, 0.2) is 5.69 Å². The summed E-state index contributed by atoms with van der Waals surface area (Å²) in [5.41, 5.74) is 2.25. The van der Waals surface area contributed by atoms with E-state index in [1.807, 2.05) is 37.4 Å². The third kappa shape index (κ3) is 1.95.